The van der Waals surface area contributed by atoms with Crippen molar-refractivity contribution in [2.45, 2.75) is 6.42 Å². The highest BCUT2D eigenvalue weighted by Crippen LogP contribution is 2.03. The maximum Gasteiger partial charge on any atom is 0.293 e. The summed E-state index contributed by atoms with van der Waals surface area (Å²) in [5, 5.41) is 0. The second-order valence-electron chi connectivity index (χ2n) is 1.98. The highest BCUT2D eigenvalue weighted by Gasteiger charge is 1.99. The van der Waals surface area contributed by atoms with Gasteiger partial charge in [-0.1, -0.05) is 0 Å². The molecule has 0 unspecified atom stereocenters. The van der Waals surface area contributed by atoms with Gasteiger partial charge >= 0.3 is 0 Å². The first-order chi connectivity index (χ1) is 5.34. The van der Waals surface area contributed by atoms with Crippen molar-refractivity contribution in [1.82, 2.24) is 9.97 Å². The molecule has 0 fully saturated rings. The molecule has 0 aliphatic carbocycles. The molecule has 1 heterocycles. The first-order valence-electron chi connectivity index (χ1n) is 3.17. The Labute approximate surface area is 63.6 Å². The molecule has 0 aliphatic heterocycles. The molecule has 0 spiro atoms. The molecule has 0 aliphatic rings. The smallest absolute Gasteiger partial charge is 0.293 e. The van der Waals surface area contributed by atoms with Crippen LogP contribution in [0.25, 0.3) is 0 Å². The van der Waals surface area contributed by atoms with Crippen LogP contribution in [0.15, 0.2) is 6.33 Å². The van der Waals surface area contributed by atoms with Crippen LogP contribution < -0.4 is 5.73 Å². The third kappa shape index (κ3) is 1.96. The number of H-pyrrole nitrogens is 1. The SMILES string of the molecule is Nc1nc[nH]c1CCOC=O. The molecule has 1 rings (SSSR count). The van der Waals surface area contributed by atoms with Gasteiger partial charge in [-0.2, -0.15) is 0 Å². The van der Waals surface area contributed by atoms with Crippen LogP contribution in [0.1, 0.15) is 5.69 Å². The van der Waals surface area contributed by atoms with E-state index in [1.807, 2.05) is 0 Å². The standard InChI is InChI=1S/C6H9N3O2/c7-6-5(8-3-9-6)1-2-11-4-10/h3-4H,1-2,7H2,(H,8,9). The fraction of sp³-hybridized carbons (Fsp3) is 0.333. The van der Waals surface area contributed by atoms with Gasteiger partial charge in [0.25, 0.3) is 6.47 Å². The molecule has 0 atom stereocenters. The Morgan fingerprint density at radius 2 is 2.64 bits per heavy atom. The highest BCUT2D eigenvalue weighted by atomic mass is 16.5. The summed E-state index contributed by atoms with van der Waals surface area (Å²) >= 11 is 0. The highest BCUT2D eigenvalue weighted by molar-refractivity contribution is 5.37. The monoisotopic (exact) mass is 155 g/mol. The van der Waals surface area contributed by atoms with Gasteiger partial charge in [-0.3, -0.25) is 4.79 Å². The van der Waals surface area contributed by atoms with Crippen molar-refractivity contribution in [3.63, 3.8) is 0 Å². The Morgan fingerprint density at radius 3 is 3.18 bits per heavy atom. The predicted molar refractivity (Wildman–Crippen MR) is 38.7 cm³/mol. The zero-order valence-electron chi connectivity index (χ0n) is 5.91. The van der Waals surface area contributed by atoms with Crippen LogP contribution in [0.5, 0.6) is 0 Å². The molecule has 1 aromatic rings. The molecule has 0 saturated heterocycles. The molecular formula is C6H9N3O2. The molecule has 0 bridgehead atoms. The fourth-order valence-corrected chi connectivity index (χ4v) is 0.741. The number of nitrogens with one attached hydrogen (secondary N) is 1. The minimum absolute atomic E-state index is 0.329. The summed E-state index contributed by atoms with van der Waals surface area (Å²) in [6.07, 6.45) is 2.08. The third-order valence-corrected chi connectivity index (χ3v) is 1.29. The second-order valence-corrected chi connectivity index (χ2v) is 1.98. The number of carbonyl (C=O) groups is 1. The van der Waals surface area contributed by atoms with Gasteiger partial charge in [0.2, 0.25) is 0 Å². The van der Waals surface area contributed by atoms with Crippen LogP contribution in [0.2, 0.25) is 0 Å². The number of nitrogens with zero attached hydrogens (tertiary/aromatic N) is 1. The number of ether oxygens (including phenoxy) is 1. The maximum absolute atomic E-state index is 9.74. The zero-order valence-corrected chi connectivity index (χ0v) is 5.91. The summed E-state index contributed by atoms with van der Waals surface area (Å²) < 4.78 is 4.48. The van der Waals surface area contributed by atoms with Crippen LogP contribution in [0.4, 0.5) is 5.82 Å². The van der Waals surface area contributed by atoms with E-state index >= 15 is 0 Å². The van der Waals surface area contributed by atoms with Gasteiger partial charge in [0.1, 0.15) is 5.82 Å². The number of aromatic nitrogens is 2. The number of aromatic amines is 1. The number of hydrogen-bond donors (Lipinski definition) is 2. The van der Waals surface area contributed by atoms with Gasteiger partial charge in [0.15, 0.2) is 0 Å². The largest absolute Gasteiger partial charge is 0.467 e. The Hall–Kier alpha value is -1.52. The van der Waals surface area contributed by atoms with Gasteiger partial charge in [0, 0.05) is 6.42 Å². The Bertz CT molecular complexity index is 233. The van der Waals surface area contributed by atoms with E-state index in [4.69, 9.17) is 5.73 Å². The molecule has 0 aromatic carbocycles. The summed E-state index contributed by atoms with van der Waals surface area (Å²) in [7, 11) is 0. The summed E-state index contributed by atoms with van der Waals surface area (Å²) in [6.45, 7) is 0.739. The number of hydrogen-bond acceptors (Lipinski definition) is 4. The molecule has 60 valence electrons. The van der Waals surface area contributed by atoms with E-state index in [9.17, 15) is 4.79 Å². The number of nitrogens with two attached hydrogens (primary N) is 1. The van der Waals surface area contributed by atoms with Crippen molar-refractivity contribution in [2.24, 2.45) is 0 Å². The van der Waals surface area contributed by atoms with Crippen molar-refractivity contribution in [3.05, 3.63) is 12.0 Å². The Morgan fingerprint density at radius 1 is 1.82 bits per heavy atom. The van der Waals surface area contributed by atoms with E-state index in [0.717, 1.165) is 5.69 Å². The molecule has 11 heavy (non-hydrogen) atoms. The minimum atomic E-state index is 0.329. The number of anilines is 1. The number of carbonyl (C=O) groups excluding carboxylic acids is 1. The van der Waals surface area contributed by atoms with Crippen molar-refractivity contribution < 1.29 is 9.53 Å². The second kappa shape index (κ2) is 3.60. The Balaban J connectivity index is 2.38. The van der Waals surface area contributed by atoms with Crippen molar-refractivity contribution in [3.8, 4) is 0 Å². The average molecular weight is 155 g/mol. The summed E-state index contributed by atoms with van der Waals surface area (Å²) in [5.41, 5.74) is 6.23. The van der Waals surface area contributed by atoms with Crippen molar-refractivity contribution in [2.75, 3.05) is 12.3 Å². The zero-order chi connectivity index (χ0) is 8.10. The molecular weight excluding hydrogens is 146 g/mol. The lowest BCUT2D eigenvalue weighted by atomic mass is 10.3. The third-order valence-electron chi connectivity index (χ3n) is 1.29. The van der Waals surface area contributed by atoms with Crippen molar-refractivity contribution in [1.29, 1.82) is 0 Å². The van der Waals surface area contributed by atoms with E-state index in [1.165, 1.54) is 6.33 Å². The van der Waals surface area contributed by atoms with E-state index in [2.05, 4.69) is 14.7 Å². The first kappa shape index (κ1) is 7.59. The minimum Gasteiger partial charge on any atom is -0.467 e. The van der Waals surface area contributed by atoms with E-state index in [0.29, 0.717) is 25.3 Å². The van der Waals surface area contributed by atoms with Crippen LogP contribution in [0.3, 0.4) is 0 Å². The predicted octanol–water partition coefficient (Wildman–Crippen LogP) is -0.293. The lowest BCUT2D eigenvalue weighted by molar-refractivity contribution is -0.128. The van der Waals surface area contributed by atoms with Crippen LogP contribution in [-0.2, 0) is 16.0 Å². The quantitative estimate of drug-likeness (QED) is 0.462. The lowest BCUT2D eigenvalue weighted by Gasteiger charge is -1.96. The van der Waals surface area contributed by atoms with E-state index in [1.54, 1.807) is 0 Å². The van der Waals surface area contributed by atoms with Gasteiger partial charge in [-0.05, 0) is 0 Å². The van der Waals surface area contributed by atoms with Crippen molar-refractivity contribution >= 4 is 12.3 Å². The van der Waals surface area contributed by atoms with Gasteiger partial charge in [-0.25, -0.2) is 4.98 Å². The molecule has 1 aromatic heterocycles. The normalized spacial score (nSPS) is 9.45. The van der Waals surface area contributed by atoms with Crippen LogP contribution in [0, 0.1) is 0 Å². The molecule has 0 saturated carbocycles. The number of nitrogen functional groups attached to an aromatic ring is 1. The molecule has 0 amide bonds. The lowest BCUT2D eigenvalue weighted by Crippen LogP contribution is -1.99. The van der Waals surface area contributed by atoms with Gasteiger partial charge in [-0.15, -0.1) is 0 Å². The summed E-state index contributed by atoms with van der Waals surface area (Å²) in [5.74, 6) is 0.458. The molecule has 3 N–H and O–H groups in total. The molecule has 5 heteroatoms. The maximum atomic E-state index is 9.74. The van der Waals surface area contributed by atoms with Crippen LogP contribution >= 0.6 is 0 Å². The number of imidazole rings is 1. The molecule has 0 radical (unpaired) electrons. The first-order valence-corrected chi connectivity index (χ1v) is 3.17. The average Bonchev–Trinajstić information content (AvgIpc) is 2.37. The summed E-state index contributed by atoms with van der Waals surface area (Å²) in [4.78, 5) is 16.3. The number of rotatable bonds is 4. The summed E-state index contributed by atoms with van der Waals surface area (Å²) in [6, 6.07) is 0. The van der Waals surface area contributed by atoms with Gasteiger partial charge < -0.3 is 15.5 Å². The van der Waals surface area contributed by atoms with E-state index < -0.39 is 0 Å². The van der Waals surface area contributed by atoms with Gasteiger partial charge in [0.05, 0.1) is 18.6 Å². The van der Waals surface area contributed by atoms with E-state index in [-0.39, 0.29) is 0 Å². The fourth-order valence-electron chi connectivity index (χ4n) is 0.741. The molecule has 5 nitrogen and oxygen atoms in total. The topological polar surface area (TPSA) is 81.0 Å². The Kier molecular flexibility index (Phi) is 2.48. The van der Waals surface area contributed by atoms with Crippen LogP contribution in [-0.4, -0.2) is 23.0 Å².